The molecule has 2 fully saturated rings. The van der Waals surface area contributed by atoms with Crippen LogP contribution in [0.4, 0.5) is 0 Å². The van der Waals surface area contributed by atoms with E-state index in [1.807, 2.05) is 27.7 Å². The van der Waals surface area contributed by atoms with E-state index in [-0.39, 0.29) is 54.6 Å². The molecule has 11 nitrogen and oxygen atoms in total. The van der Waals surface area contributed by atoms with Crippen LogP contribution in [-0.4, -0.2) is 62.4 Å². The Balaban J connectivity index is 1.73. The molecule has 11 heteroatoms. The highest BCUT2D eigenvalue weighted by molar-refractivity contribution is 5.87. The molecule has 41 heavy (non-hydrogen) atoms. The van der Waals surface area contributed by atoms with Crippen molar-refractivity contribution in [2.24, 2.45) is 28.9 Å². The summed E-state index contributed by atoms with van der Waals surface area (Å²) in [7, 11) is 0. The van der Waals surface area contributed by atoms with E-state index in [2.05, 4.69) is 9.97 Å². The van der Waals surface area contributed by atoms with Crippen molar-refractivity contribution in [3.63, 3.8) is 0 Å². The summed E-state index contributed by atoms with van der Waals surface area (Å²) in [6, 6.07) is -0.626. The number of aldehydes is 1. The number of carbonyl (C=O) groups excluding carboxylic acids is 3. The largest absolute Gasteiger partial charge is 0.462 e. The molecule has 1 amide bonds. The molecule has 0 radical (unpaired) electrons. The first-order valence-corrected chi connectivity index (χ1v) is 15.1. The summed E-state index contributed by atoms with van der Waals surface area (Å²) < 4.78 is 13.8. The molecule has 226 valence electrons. The van der Waals surface area contributed by atoms with Gasteiger partial charge in [-0.25, -0.2) is 9.36 Å². The van der Waals surface area contributed by atoms with Crippen molar-refractivity contribution in [1.29, 1.82) is 0 Å². The molecule has 3 heterocycles. The summed E-state index contributed by atoms with van der Waals surface area (Å²) in [6.07, 6.45) is 9.61. The van der Waals surface area contributed by atoms with Crippen LogP contribution in [0.15, 0.2) is 11.0 Å². The molecule has 0 aromatic carbocycles. The smallest absolute Gasteiger partial charge is 0.353 e. The number of nitrogens with zero attached hydrogens (tertiary/aromatic N) is 4. The standard InChI is InChI=1S/C30H45N5O6/c1-5-20-22(18-36)35-17-24(20)41-29-33-25(13-14-31)32-28(39)34(29)15-8-6-7-10-19-11-9-12-23(19)40-26(37)16-21(27(35)38)30(2,3)4/h13-14,18-24H,5-12,15-17,31H2,1-4H3/t19-,20+,21-,22-,23-,24+/m1/s1. The number of amides is 1. The van der Waals surface area contributed by atoms with Crippen molar-refractivity contribution in [2.45, 2.75) is 110 Å². The summed E-state index contributed by atoms with van der Waals surface area (Å²) in [5.41, 5.74) is 4.50. The number of hydrogen-bond acceptors (Lipinski definition) is 9. The molecule has 2 N–H and O–H groups in total. The zero-order chi connectivity index (χ0) is 29.7. The topological polar surface area (TPSA) is 147 Å². The molecular weight excluding hydrogens is 526 g/mol. The van der Waals surface area contributed by atoms with Crippen molar-refractivity contribution in [1.82, 2.24) is 19.4 Å². The highest BCUT2D eigenvalue weighted by atomic mass is 16.5. The molecule has 6 atom stereocenters. The molecule has 4 rings (SSSR count). The van der Waals surface area contributed by atoms with Gasteiger partial charge in [-0.1, -0.05) is 40.5 Å². The molecule has 1 saturated heterocycles. The lowest BCUT2D eigenvalue weighted by Crippen LogP contribution is -2.46. The normalized spacial score (nSPS) is 30.2. The van der Waals surface area contributed by atoms with Gasteiger partial charge in [0.2, 0.25) is 5.91 Å². The van der Waals surface area contributed by atoms with E-state index in [9.17, 15) is 19.2 Å². The fourth-order valence-electron chi connectivity index (χ4n) is 6.63. The van der Waals surface area contributed by atoms with Crippen LogP contribution < -0.4 is 16.2 Å². The monoisotopic (exact) mass is 571 g/mol. The van der Waals surface area contributed by atoms with Gasteiger partial charge in [0.05, 0.1) is 24.9 Å². The molecule has 3 aliphatic rings. The minimum absolute atomic E-state index is 0.0455. The molecule has 2 aliphatic heterocycles. The van der Waals surface area contributed by atoms with E-state index in [4.69, 9.17) is 15.2 Å². The Bertz CT molecular complexity index is 1190. The van der Waals surface area contributed by atoms with Crippen molar-refractivity contribution in [3.05, 3.63) is 22.5 Å². The molecule has 1 aromatic rings. The quantitative estimate of drug-likeness (QED) is 0.427. The molecule has 1 aliphatic carbocycles. The van der Waals surface area contributed by atoms with Gasteiger partial charge in [-0.2, -0.15) is 9.97 Å². The van der Waals surface area contributed by atoms with Crippen molar-refractivity contribution in [3.8, 4) is 6.01 Å². The van der Waals surface area contributed by atoms with Crippen LogP contribution in [0, 0.1) is 23.2 Å². The summed E-state index contributed by atoms with van der Waals surface area (Å²) in [4.78, 5) is 62.8. The lowest BCUT2D eigenvalue weighted by molar-refractivity contribution is -0.157. The Morgan fingerprint density at radius 3 is 2.44 bits per heavy atom. The van der Waals surface area contributed by atoms with Gasteiger partial charge in [-0.15, -0.1) is 0 Å². The van der Waals surface area contributed by atoms with Gasteiger partial charge in [-0.05, 0) is 62.1 Å². The molecule has 1 aromatic heterocycles. The van der Waals surface area contributed by atoms with Crippen molar-refractivity contribution in [2.75, 3.05) is 6.54 Å². The maximum absolute atomic E-state index is 14.1. The van der Waals surface area contributed by atoms with Crippen LogP contribution in [0.5, 0.6) is 6.01 Å². The number of fused-ring (bicyclic) bond motifs is 4. The Kier molecular flexibility index (Phi) is 9.86. The van der Waals surface area contributed by atoms with E-state index < -0.39 is 29.2 Å². The Labute approximate surface area is 241 Å². The molecular formula is C30H45N5O6. The summed E-state index contributed by atoms with van der Waals surface area (Å²) in [5, 5.41) is 0. The number of rotatable bonds is 3. The maximum atomic E-state index is 14.1. The Morgan fingerprint density at radius 1 is 1.00 bits per heavy atom. The van der Waals surface area contributed by atoms with Gasteiger partial charge in [0.15, 0.2) is 5.82 Å². The van der Waals surface area contributed by atoms with Gasteiger partial charge in [0, 0.05) is 12.5 Å². The minimum atomic E-state index is -0.731. The van der Waals surface area contributed by atoms with Crippen LogP contribution in [-0.2, 0) is 25.7 Å². The molecule has 0 unspecified atom stereocenters. The van der Waals surface area contributed by atoms with Crippen LogP contribution in [0.2, 0.25) is 0 Å². The molecule has 1 saturated carbocycles. The third kappa shape index (κ3) is 6.98. The first kappa shape index (κ1) is 30.7. The second-order valence-corrected chi connectivity index (χ2v) is 12.7. The van der Waals surface area contributed by atoms with Gasteiger partial charge in [-0.3, -0.25) is 9.59 Å². The van der Waals surface area contributed by atoms with Gasteiger partial charge < -0.3 is 24.9 Å². The van der Waals surface area contributed by atoms with Crippen LogP contribution in [0.25, 0.3) is 6.08 Å². The van der Waals surface area contributed by atoms with Crippen molar-refractivity contribution >= 4 is 24.2 Å². The van der Waals surface area contributed by atoms with Crippen LogP contribution in [0.3, 0.4) is 0 Å². The fraction of sp³-hybridized carbons (Fsp3) is 0.733. The zero-order valence-corrected chi connectivity index (χ0v) is 24.8. The molecule has 0 spiro atoms. The molecule has 2 bridgehead atoms. The number of esters is 1. The number of hydrogen-bond donors (Lipinski definition) is 1. The average Bonchev–Trinajstić information content (AvgIpc) is 3.50. The van der Waals surface area contributed by atoms with E-state index in [0.717, 1.165) is 51.2 Å². The highest BCUT2D eigenvalue weighted by Crippen LogP contribution is 2.38. The number of aromatic nitrogens is 3. The second-order valence-electron chi connectivity index (χ2n) is 12.7. The highest BCUT2D eigenvalue weighted by Gasteiger charge is 2.48. The second kappa shape index (κ2) is 13.2. The minimum Gasteiger partial charge on any atom is -0.462 e. The van der Waals surface area contributed by atoms with Crippen LogP contribution >= 0.6 is 0 Å². The first-order valence-electron chi connectivity index (χ1n) is 15.1. The number of carbonyl (C=O) groups is 3. The van der Waals surface area contributed by atoms with Gasteiger partial charge >= 0.3 is 17.7 Å². The Hall–Kier alpha value is -3.24. The lowest BCUT2D eigenvalue weighted by Gasteiger charge is -2.34. The van der Waals surface area contributed by atoms with Crippen molar-refractivity contribution < 1.29 is 23.9 Å². The van der Waals surface area contributed by atoms with E-state index >= 15 is 0 Å². The van der Waals surface area contributed by atoms with Gasteiger partial charge in [0.25, 0.3) is 0 Å². The predicted octanol–water partition coefficient (Wildman–Crippen LogP) is 3.09. The third-order valence-corrected chi connectivity index (χ3v) is 8.97. The fourth-order valence-corrected chi connectivity index (χ4v) is 6.63. The van der Waals surface area contributed by atoms with E-state index in [0.29, 0.717) is 13.0 Å². The summed E-state index contributed by atoms with van der Waals surface area (Å²) in [6.45, 7) is 8.23. The lowest BCUT2D eigenvalue weighted by atomic mass is 9.77. The third-order valence-electron chi connectivity index (χ3n) is 8.97. The summed E-state index contributed by atoms with van der Waals surface area (Å²) >= 11 is 0. The number of nitrogens with two attached hydrogens (primary N) is 1. The predicted molar refractivity (Wildman–Crippen MR) is 153 cm³/mol. The SMILES string of the molecule is CC[C@@H]1[C@@H]2CN(C(=O)[C@H](C(C)(C)C)CC(=O)O[C@@H]3CCC[C@H]3CCCCCn3c(nc(C=CN)nc3=O)O2)[C@@H]1C=O. The zero-order valence-electron chi connectivity index (χ0n) is 24.8. The van der Waals surface area contributed by atoms with E-state index in [1.54, 1.807) is 4.90 Å². The first-order chi connectivity index (χ1) is 19.6. The Morgan fingerprint density at radius 2 is 1.76 bits per heavy atom. The number of ether oxygens (including phenoxy) is 2. The van der Waals surface area contributed by atoms with E-state index in [1.165, 1.54) is 16.8 Å². The van der Waals surface area contributed by atoms with Gasteiger partial charge in [0.1, 0.15) is 18.5 Å². The maximum Gasteiger partial charge on any atom is 0.353 e. The average molecular weight is 572 g/mol. The van der Waals surface area contributed by atoms with Crippen LogP contribution in [0.1, 0.15) is 91.3 Å². The summed E-state index contributed by atoms with van der Waals surface area (Å²) in [5.74, 6) is -1.20.